The highest BCUT2D eigenvalue weighted by Crippen LogP contribution is 2.28. The zero-order valence-electron chi connectivity index (χ0n) is 41.9. The number of para-hydroxylation sites is 1. The number of nitrogens with zero attached hydrogens (tertiary/aromatic N) is 13. The number of aromatic nitrogens is 10. The average molecular weight is 1020 g/mol. The molecule has 5 aromatic rings. The molecule has 2 saturated heterocycles. The highest BCUT2D eigenvalue weighted by Gasteiger charge is 2.35. The molecule has 0 spiro atoms. The number of halogens is 1. The molecule has 0 saturated carbocycles. The number of hydrogen-bond donors (Lipinski definition) is 5. The summed E-state index contributed by atoms with van der Waals surface area (Å²) >= 11 is 0. The highest BCUT2D eigenvalue weighted by atomic mass is 35.5. The lowest BCUT2D eigenvalue weighted by atomic mass is 9.97. The van der Waals surface area contributed by atoms with Crippen molar-refractivity contribution in [1.29, 1.82) is 0 Å². The van der Waals surface area contributed by atoms with Gasteiger partial charge < -0.3 is 73.1 Å². The maximum Gasteiger partial charge on any atom is 0.248 e. The normalized spacial score (nSPS) is 16.7. The van der Waals surface area contributed by atoms with Gasteiger partial charge >= 0.3 is 0 Å². The molecular weight excluding hydrogens is 946 g/mol. The second-order valence-corrected chi connectivity index (χ2v) is 18.2. The van der Waals surface area contributed by atoms with Gasteiger partial charge in [-0.25, -0.2) is 9.36 Å². The Labute approximate surface area is 427 Å². The molecule has 24 heteroatoms. The Morgan fingerprint density at radius 3 is 2.00 bits per heavy atom. The number of ether oxygens (including phenoxy) is 3. The van der Waals surface area contributed by atoms with Crippen LogP contribution in [-0.2, 0) is 30.2 Å². The van der Waals surface area contributed by atoms with Crippen molar-refractivity contribution in [1.82, 2.24) is 59.7 Å². The van der Waals surface area contributed by atoms with E-state index >= 15 is 0 Å². The Morgan fingerprint density at radius 2 is 1.38 bits per heavy atom. The van der Waals surface area contributed by atoms with E-state index in [9.17, 15) is 14.7 Å². The van der Waals surface area contributed by atoms with E-state index in [1.807, 2.05) is 54.1 Å². The molecule has 6 atom stereocenters. The van der Waals surface area contributed by atoms with Gasteiger partial charge in [0.15, 0.2) is 0 Å². The molecule has 392 valence electrons. The van der Waals surface area contributed by atoms with Gasteiger partial charge in [0.05, 0.1) is 69.8 Å². The molecule has 2 amide bonds. The number of benzene rings is 1. The topological polar surface area (TPSA) is 275 Å². The molecular formula is C48H71ClN17O6-. The molecule has 72 heavy (non-hydrogen) atoms. The van der Waals surface area contributed by atoms with Gasteiger partial charge in [-0.3, -0.25) is 9.59 Å². The first-order valence-corrected chi connectivity index (χ1v) is 24.8. The Balaban J connectivity index is 0.00000847. The Morgan fingerprint density at radius 1 is 0.792 bits per heavy atom. The summed E-state index contributed by atoms with van der Waals surface area (Å²) in [5.74, 6) is 3.77. The van der Waals surface area contributed by atoms with E-state index in [0.717, 1.165) is 29.4 Å². The molecule has 0 bridgehead atoms. The first-order valence-electron chi connectivity index (χ1n) is 24.8. The third-order valence-corrected chi connectivity index (χ3v) is 13.4. The number of aromatic amines is 1. The standard InChI is InChI=1S/C48H71N17O6.ClH/c1-6-22-69-24-26-71-27-25-70-23-13-51-46-53-47(55-48(54-46)63-20-16-61(17-21-63)45(68)43(34(5)8-3)65-30-39(56-59-65)37(49)32-66)62-18-14-60(15-19-62)44(67)41(29-36-28-35-11-9-10-12-38(35)52-36)64-31-40(57-58-64)42(50)33(4)7-2;/h1,9-12,28,30-31,33-34,37,41-43,52,66H,7-8,13-27,29,32,49-50H2,2-5H3,(H,51,53,54,55);1H/p-1/t33?,34-,37-,41-,42-,43-;/m0./s1. The number of amides is 2. The van der Waals surface area contributed by atoms with Crippen LogP contribution in [0.5, 0.6) is 0 Å². The molecule has 6 heterocycles. The van der Waals surface area contributed by atoms with Crippen LogP contribution in [0.25, 0.3) is 10.9 Å². The Bertz CT molecular complexity index is 2470. The largest absolute Gasteiger partial charge is 1.00 e. The van der Waals surface area contributed by atoms with Crippen molar-refractivity contribution in [2.75, 3.05) is 120 Å². The van der Waals surface area contributed by atoms with Crippen LogP contribution in [0.3, 0.4) is 0 Å². The quantitative estimate of drug-likeness (QED) is 0.0320. The molecule has 0 aliphatic carbocycles. The van der Waals surface area contributed by atoms with Gasteiger partial charge in [-0.05, 0) is 29.4 Å². The van der Waals surface area contributed by atoms with Gasteiger partial charge in [0.1, 0.15) is 24.4 Å². The van der Waals surface area contributed by atoms with Crippen LogP contribution in [0, 0.1) is 24.2 Å². The molecule has 1 aromatic carbocycles. The van der Waals surface area contributed by atoms with Gasteiger partial charge in [-0.2, -0.15) is 15.0 Å². The second-order valence-electron chi connectivity index (χ2n) is 18.2. The Hall–Kier alpha value is -6.00. The van der Waals surface area contributed by atoms with Crippen molar-refractivity contribution in [2.24, 2.45) is 23.3 Å². The van der Waals surface area contributed by atoms with Gasteiger partial charge in [0, 0.05) is 76.5 Å². The molecule has 2 aliphatic heterocycles. The summed E-state index contributed by atoms with van der Waals surface area (Å²) < 4.78 is 19.8. The summed E-state index contributed by atoms with van der Waals surface area (Å²) in [4.78, 5) is 54.9. The number of hydrogen-bond acceptors (Lipinski definition) is 18. The molecule has 0 radical (unpaired) electrons. The molecule has 1 unspecified atom stereocenters. The summed E-state index contributed by atoms with van der Waals surface area (Å²) in [5, 5.41) is 31.3. The van der Waals surface area contributed by atoms with Crippen LogP contribution in [0.1, 0.15) is 81.8 Å². The van der Waals surface area contributed by atoms with E-state index in [2.05, 4.69) is 66.6 Å². The number of carbonyl (C=O) groups is 2. The molecule has 2 aliphatic rings. The van der Waals surface area contributed by atoms with Gasteiger partial charge in [0.25, 0.3) is 0 Å². The number of anilines is 3. The predicted molar refractivity (Wildman–Crippen MR) is 267 cm³/mol. The van der Waals surface area contributed by atoms with Crippen LogP contribution in [0.2, 0.25) is 0 Å². The molecule has 23 nitrogen and oxygen atoms in total. The van der Waals surface area contributed by atoms with Gasteiger partial charge in [0.2, 0.25) is 29.7 Å². The van der Waals surface area contributed by atoms with Crippen molar-refractivity contribution < 1.29 is 41.3 Å². The van der Waals surface area contributed by atoms with Crippen molar-refractivity contribution in [3.05, 3.63) is 59.8 Å². The maximum atomic E-state index is 14.7. The number of aliphatic hydroxyl groups excluding tert-OH is 1. The lowest BCUT2D eigenvalue weighted by Crippen LogP contribution is -3.00. The molecule has 7 N–H and O–H groups in total. The van der Waals surface area contributed by atoms with E-state index in [1.165, 1.54) is 0 Å². The summed E-state index contributed by atoms with van der Waals surface area (Å²) in [7, 11) is 0. The summed E-state index contributed by atoms with van der Waals surface area (Å²) in [6.07, 6.45) is 10.7. The zero-order chi connectivity index (χ0) is 50.3. The summed E-state index contributed by atoms with van der Waals surface area (Å²) in [6.45, 7) is 14.2. The Kier molecular flexibility index (Phi) is 20.9. The number of nitrogens with two attached hydrogens (primary N) is 2. The fraction of sp³-hybridized carbons (Fsp3) is 0.604. The predicted octanol–water partition coefficient (Wildman–Crippen LogP) is -1.26. The third-order valence-electron chi connectivity index (χ3n) is 13.4. The number of carbonyl (C=O) groups excluding carboxylic acids is 2. The fourth-order valence-corrected chi connectivity index (χ4v) is 8.59. The first kappa shape index (κ1) is 55.3. The number of terminal acetylenes is 1. The van der Waals surface area contributed by atoms with Crippen molar-refractivity contribution in [3.63, 3.8) is 0 Å². The minimum Gasteiger partial charge on any atom is -1.00 e. The van der Waals surface area contributed by atoms with Crippen LogP contribution >= 0.6 is 0 Å². The average Bonchev–Trinajstić information content (AvgIpc) is 4.20. The van der Waals surface area contributed by atoms with E-state index in [0.29, 0.717) is 128 Å². The van der Waals surface area contributed by atoms with E-state index in [1.54, 1.807) is 15.6 Å². The number of fused-ring (bicyclic) bond motifs is 1. The minimum atomic E-state index is -0.688. The van der Waals surface area contributed by atoms with Crippen LogP contribution < -0.4 is 39.0 Å². The van der Waals surface area contributed by atoms with Crippen LogP contribution in [0.15, 0.2) is 42.7 Å². The lowest BCUT2D eigenvalue weighted by molar-refractivity contribution is -0.137. The SMILES string of the molecule is C#CCOCCOCCOCCNc1nc(N2CCN(C(=O)[C@H]([C@@H](C)CC)n3cc([C@@H](N)CO)nn3)CC2)nc(N2CCN(C(=O)[C@H](Cc3cc4ccccc4[nH]3)n3cc([C@@H](N)C(C)CC)nn3)CC2)n1.[Cl-]. The third kappa shape index (κ3) is 14.1. The van der Waals surface area contributed by atoms with Crippen LogP contribution in [-0.4, -0.2) is 182 Å². The van der Waals surface area contributed by atoms with E-state index in [4.69, 9.17) is 47.1 Å². The molecule has 7 rings (SSSR count). The highest BCUT2D eigenvalue weighted by molar-refractivity contribution is 5.83. The number of rotatable bonds is 26. The number of nitrogens with one attached hydrogen (secondary N) is 2. The lowest BCUT2D eigenvalue weighted by Gasteiger charge is -2.38. The summed E-state index contributed by atoms with van der Waals surface area (Å²) in [6, 6.07) is 7.88. The van der Waals surface area contributed by atoms with Crippen molar-refractivity contribution in [3.8, 4) is 12.3 Å². The van der Waals surface area contributed by atoms with E-state index < -0.39 is 18.1 Å². The monoisotopic (exact) mass is 1020 g/mol. The van der Waals surface area contributed by atoms with Gasteiger partial charge in [-0.1, -0.05) is 75.1 Å². The summed E-state index contributed by atoms with van der Waals surface area (Å²) in [5.41, 5.74) is 15.6. The van der Waals surface area contributed by atoms with Crippen molar-refractivity contribution >= 4 is 40.6 Å². The second kappa shape index (κ2) is 27.2. The first-order chi connectivity index (χ1) is 34.5. The molecule has 4 aromatic heterocycles. The zero-order valence-corrected chi connectivity index (χ0v) is 42.6. The van der Waals surface area contributed by atoms with Gasteiger partial charge in [-0.15, -0.1) is 16.6 Å². The molecule has 2 fully saturated rings. The smallest absolute Gasteiger partial charge is 0.248 e. The number of aliphatic hydroxyl groups is 1. The minimum absolute atomic E-state index is 0. The number of H-pyrrole nitrogens is 1. The van der Waals surface area contributed by atoms with E-state index in [-0.39, 0.29) is 55.3 Å². The van der Waals surface area contributed by atoms with Crippen LogP contribution in [0.4, 0.5) is 17.8 Å². The maximum absolute atomic E-state index is 14.7. The van der Waals surface area contributed by atoms with Crippen molar-refractivity contribution in [2.45, 2.75) is 71.1 Å². The number of piperazine rings is 2. The fourth-order valence-electron chi connectivity index (χ4n) is 8.59.